The Labute approximate surface area is 194 Å². The Bertz CT molecular complexity index is 978. The van der Waals surface area contributed by atoms with Crippen molar-refractivity contribution in [3.05, 3.63) is 39.1 Å². The number of sulfonamides is 1. The van der Waals surface area contributed by atoms with E-state index >= 15 is 0 Å². The minimum Gasteiger partial charge on any atom is -0.474 e. The van der Waals surface area contributed by atoms with E-state index in [1.807, 2.05) is 32.4 Å². The van der Waals surface area contributed by atoms with Crippen LogP contribution in [0, 0.1) is 0 Å². The molecular weight excluding hydrogens is 456 g/mol. The molecule has 11 heteroatoms. The normalized spacial score (nSPS) is 18.4. The Morgan fingerprint density at radius 2 is 1.84 bits per heavy atom. The van der Waals surface area contributed by atoms with Crippen molar-refractivity contribution >= 4 is 40.1 Å². The first-order valence-electron chi connectivity index (χ1n) is 10.2. The van der Waals surface area contributed by atoms with Gasteiger partial charge in [0.05, 0.1) is 6.54 Å². The Kier molecular flexibility index (Phi) is 8.55. The van der Waals surface area contributed by atoms with Gasteiger partial charge >= 0.3 is 6.03 Å². The van der Waals surface area contributed by atoms with Crippen LogP contribution in [0.5, 0.6) is 0 Å². The van der Waals surface area contributed by atoms with Gasteiger partial charge < -0.3 is 14.8 Å². The second-order valence-corrected chi connectivity index (χ2v) is 10.3. The third-order valence-corrected chi connectivity index (χ3v) is 6.75. The standard InChI is InChI=1S/C21H31ClN4O5S/c1-12(2)17-8-15(22)9-18(13(3)4)19(17)24-21(27)25-32(28,29)14(5)20-26(23-6)10-16(30-7)11-31-20/h8-9,12-13,16H,6,10-11H2,1-5,7H3,(H2,24,25,27)/b20-14-/t16-/m1/s1. The van der Waals surface area contributed by atoms with E-state index in [4.69, 9.17) is 21.1 Å². The number of methoxy groups -OCH3 is 1. The molecule has 0 aromatic heterocycles. The van der Waals surface area contributed by atoms with Gasteiger partial charge in [-0.25, -0.2) is 22.9 Å². The van der Waals surface area contributed by atoms with Gasteiger partial charge in [0, 0.05) is 24.5 Å². The predicted molar refractivity (Wildman–Crippen MR) is 126 cm³/mol. The number of rotatable bonds is 7. The topological polar surface area (TPSA) is 109 Å². The number of hydrogen-bond acceptors (Lipinski definition) is 7. The highest BCUT2D eigenvalue weighted by Gasteiger charge is 2.31. The van der Waals surface area contributed by atoms with Crippen molar-refractivity contribution in [2.45, 2.75) is 52.6 Å². The zero-order chi connectivity index (χ0) is 24.2. The fourth-order valence-corrected chi connectivity index (χ4v) is 4.36. The molecule has 1 heterocycles. The molecule has 0 spiro atoms. The van der Waals surface area contributed by atoms with Crippen molar-refractivity contribution < 1.29 is 22.7 Å². The van der Waals surface area contributed by atoms with Gasteiger partial charge in [-0.3, -0.25) is 0 Å². The summed E-state index contributed by atoms with van der Waals surface area (Å²) in [6.45, 7) is 13.1. The number of halogens is 1. The summed E-state index contributed by atoms with van der Waals surface area (Å²) in [5.74, 6) is 0.0999. The number of nitrogens with zero attached hydrogens (tertiary/aromatic N) is 2. The lowest BCUT2D eigenvalue weighted by atomic mass is 9.92. The molecule has 9 nitrogen and oxygen atoms in total. The molecule has 0 bridgehead atoms. The van der Waals surface area contributed by atoms with Crippen molar-refractivity contribution in [1.29, 1.82) is 0 Å². The van der Waals surface area contributed by atoms with Gasteiger partial charge in [0.25, 0.3) is 10.0 Å². The number of carbonyl (C=O) groups is 1. The number of amides is 2. The molecule has 1 aliphatic heterocycles. The molecule has 32 heavy (non-hydrogen) atoms. The van der Waals surface area contributed by atoms with Gasteiger partial charge in [-0.2, -0.15) is 5.10 Å². The highest BCUT2D eigenvalue weighted by Crippen LogP contribution is 2.35. The minimum atomic E-state index is -4.22. The van der Waals surface area contributed by atoms with Crippen LogP contribution in [0.1, 0.15) is 57.6 Å². The molecule has 0 unspecified atom stereocenters. The monoisotopic (exact) mass is 486 g/mol. The molecule has 2 rings (SSSR count). The molecule has 2 amide bonds. The quantitative estimate of drug-likeness (QED) is 0.559. The number of allylic oxidation sites excluding steroid dienone is 1. The zero-order valence-electron chi connectivity index (χ0n) is 19.2. The van der Waals surface area contributed by atoms with Crippen molar-refractivity contribution in [3.63, 3.8) is 0 Å². The average Bonchev–Trinajstić information content (AvgIpc) is 2.72. The molecule has 1 aliphatic rings. The Balaban J connectivity index is 2.32. The molecule has 1 fully saturated rings. The smallest absolute Gasteiger partial charge is 0.333 e. The van der Waals surface area contributed by atoms with Crippen LogP contribution in [0.4, 0.5) is 10.5 Å². The third kappa shape index (κ3) is 5.93. The lowest BCUT2D eigenvalue weighted by molar-refractivity contribution is -0.0486. The lowest BCUT2D eigenvalue weighted by Gasteiger charge is -2.32. The Hall–Kier alpha value is -2.30. The van der Waals surface area contributed by atoms with Crippen LogP contribution in [-0.2, 0) is 19.5 Å². The molecule has 2 N–H and O–H groups in total. The molecule has 1 saturated heterocycles. The maximum absolute atomic E-state index is 12.9. The summed E-state index contributed by atoms with van der Waals surface area (Å²) in [4.78, 5) is 12.5. The third-order valence-electron chi connectivity index (χ3n) is 5.10. The van der Waals surface area contributed by atoms with E-state index in [0.717, 1.165) is 11.1 Å². The Morgan fingerprint density at radius 3 is 2.31 bits per heavy atom. The fourth-order valence-electron chi connectivity index (χ4n) is 3.28. The SMILES string of the molecule is C=NN1C[C@@H](OC)CO/C1=C(/C)S(=O)(=O)NC(=O)Nc1c(C(C)C)cc(Cl)cc1C(C)C. The highest BCUT2D eigenvalue weighted by atomic mass is 35.5. The van der Waals surface area contributed by atoms with Gasteiger partial charge in [0.1, 0.15) is 17.6 Å². The van der Waals surface area contributed by atoms with E-state index in [-0.39, 0.29) is 41.9 Å². The first-order valence-corrected chi connectivity index (χ1v) is 12.0. The predicted octanol–water partition coefficient (Wildman–Crippen LogP) is 4.19. The number of nitrogens with one attached hydrogen (secondary N) is 2. The molecule has 1 aromatic carbocycles. The lowest BCUT2D eigenvalue weighted by Crippen LogP contribution is -2.42. The van der Waals surface area contributed by atoms with Crippen LogP contribution >= 0.6 is 11.6 Å². The number of anilines is 1. The van der Waals surface area contributed by atoms with E-state index < -0.39 is 16.1 Å². The number of ether oxygens (including phenoxy) is 2. The van der Waals surface area contributed by atoms with Gasteiger partial charge in [0.2, 0.25) is 5.88 Å². The number of urea groups is 1. The number of carbonyl (C=O) groups excluding carboxylic acids is 1. The molecule has 0 saturated carbocycles. The van der Waals surface area contributed by atoms with Crippen LogP contribution in [0.3, 0.4) is 0 Å². The van der Waals surface area contributed by atoms with E-state index in [1.54, 1.807) is 12.1 Å². The van der Waals surface area contributed by atoms with Crippen LogP contribution in [-0.4, -0.2) is 52.5 Å². The van der Waals surface area contributed by atoms with Gasteiger partial charge in [-0.05, 0) is 42.0 Å². The summed E-state index contributed by atoms with van der Waals surface area (Å²) in [7, 11) is -2.70. The summed E-state index contributed by atoms with van der Waals surface area (Å²) in [5, 5.41) is 8.34. The molecule has 0 radical (unpaired) electrons. The summed E-state index contributed by atoms with van der Waals surface area (Å²) in [6.07, 6.45) is -0.287. The van der Waals surface area contributed by atoms with Crippen LogP contribution in [0.2, 0.25) is 5.02 Å². The number of hydrogen-bond donors (Lipinski definition) is 2. The summed E-state index contributed by atoms with van der Waals surface area (Å²) in [6, 6.07) is 2.65. The maximum Gasteiger partial charge on any atom is 0.333 e. The molecule has 0 aliphatic carbocycles. The number of hydrazone groups is 1. The summed E-state index contributed by atoms with van der Waals surface area (Å²) in [5.41, 5.74) is 2.17. The Morgan fingerprint density at radius 1 is 1.28 bits per heavy atom. The summed E-state index contributed by atoms with van der Waals surface area (Å²) >= 11 is 6.26. The van der Waals surface area contributed by atoms with Gasteiger partial charge in [0.15, 0.2) is 0 Å². The van der Waals surface area contributed by atoms with Crippen molar-refractivity contribution in [2.24, 2.45) is 5.10 Å². The molecule has 1 aromatic rings. The van der Waals surface area contributed by atoms with Crippen molar-refractivity contribution in [2.75, 3.05) is 25.6 Å². The zero-order valence-corrected chi connectivity index (χ0v) is 20.8. The van der Waals surface area contributed by atoms with Crippen LogP contribution in [0.15, 0.2) is 28.0 Å². The van der Waals surface area contributed by atoms with Crippen LogP contribution in [0.25, 0.3) is 0 Å². The van der Waals surface area contributed by atoms with E-state index in [1.165, 1.54) is 19.0 Å². The second-order valence-electron chi connectivity index (χ2n) is 8.08. The minimum absolute atomic E-state index is 0.00849. The van der Waals surface area contributed by atoms with E-state index in [9.17, 15) is 13.2 Å². The van der Waals surface area contributed by atoms with Crippen molar-refractivity contribution in [1.82, 2.24) is 9.73 Å². The molecule has 1 atom stereocenters. The van der Waals surface area contributed by atoms with Crippen molar-refractivity contribution in [3.8, 4) is 0 Å². The maximum atomic E-state index is 12.9. The highest BCUT2D eigenvalue weighted by molar-refractivity contribution is 7.93. The van der Waals surface area contributed by atoms with Gasteiger partial charge in [-0.1, -0.05) is 39.3 Å². The second kappa shape index (κ2) is 10.5. The van der Waals surface area contributed by atoms with Crippen LogP contribution < -0.4 is 10.0 Å². The fraction of sp³-hybridized carbons (Fsp3) is 0.524. The first-order chi connectivity index (χ1) is 14.9. The average molecular weight is 487 g/mol. The number of benzene rings is 1. The van der Waals surface area contributed by atoms with Gasteiger partial charge in [-0.15, -0.1) is 0 Å². The first kappa shape index (κ1) is 26.0. The molecule has 178 valence electrons. The summed E-state index contributed by atoms with van der Waals surface area (Å²) < 4.78 is 38.6. The van der Waals surface area contributed by atoms with E-state index in [2.05, 4.69) is 17.1 Å². The largest absolute Gasteiger partial charge is 0.474 e. The van der Waals surface area contributed by atoms with E-state index in [0.29, 0.717) is 10.7 Å². The molecular formula is C21H31ClN4O5S.